The average molecular weight is 356 g/mol. The monoisotopic (exact) mass is 356 g/mol. The van der Waals surface area contributed by atoms with Gasteiger partial charge >= 0.3 is 15.2 Å². The smallest absolute Gasteiger partial charge is 0.398 e. The number of aromatic nitrogens is 2. The Hall–Kier alpha value is -2.95. The minimum absolute atomic E-state index is 0.195. The molecule has 0 aliphatic rings. The lowest BCUT2D eigenvalue weighted by atomic mass is 10.0. The Labute approximate surface area is 160 Å². The molecular formula is C21H22B2N2O2. The van der Waals surface area contributed by atoms with Gasteiger partial charge in [-0.05, 0) is 19.1 Å². The lowest BCUT2D eigenvalue weighted by Gasteiger charge is -2.13. The first-order chi connectivity index (χ1) is 13.2. The van der Waals surface area contributed by atoms with Crippen molar-refractivity contribution in [2.24, 2.45) is 0 Å². The lowest BCUT2D eigenvalue weighted by Crippen LogP contribution is -2.14. The molecule has 0 bridgehead atoms. The van der Waals surface area contributed by atoms with Gasteiger partial charge in [-0.3, -0.25) is 0 Å². The van der Waals surface area contributed by atoms with E-state index in [1.807, 2.05) is 47.8 Å². The topological polar surface area (TPSA) is 50.3 Å². The molecule has 0 aliphatic heterocycles. The van der Waals surface area contributed by atoms with Gasteiger partial charge in [0.1, 0.15) is 0 Å². The SMILES string of the molecule is C=Cc1c(/C=C\C)c(C=C)n(BO)c1-c1c(C=C)c2ccccc2n1BO. The number of hydrogen-bond acceptors (Lipinski definition) is 2. The Morgan fingerprint density at radius 3 is 2.04 bits per heavy atom. The molecule has 0 radical (unpaired) electrons. The van der Waals surface area contributed by atoms with E-state index in [9.17, 15) is 10.0 Å². The highest BCUT2D eigenvalue weighted by atomic mass is 16.2. The summed E-state index contributed by atoms with van der Waals surface area (Å²) in [6, 6.07) is 7.86. The summed E-state index contributed by atoms with van der Waals surface area (Å²) in [5, 5.41) is 21.3. The first-order valence-corrected chi connectivity index (χ1v) is 8.78. The molecule has 0 unspecified atom stereocenters. The van der Waals surface area contributed by atoms with Crippen LogP contribution in [0.15, 0.2) is 50.1 Å². The van der Waals surface area contributed by atoms with Gasteiger partial charge in [0.25, 0.3) is 0 Å². The van der Waals surface area contributed by atoms with Crippen molar-refractivity contribution in [3.05, 3.63) is 72.5 Å². The largest absolute Gasteiger partial charge is 0.435 e. The highest BCUT2D eigenvalue weighted by Gasteiger charge is 2.25. The minimum atomic E-state index is -0.224. The van der Waals surface area contributed by atoms with E-state index in [0.717, 1.165) is 44.7 Å². The van der Waals surface area contributed by atoms with Gasteiger partial charge in [-0.25, -0.2) is 0 Å². The van der Waals surface area contributed by atoms with Crippen LogP contribution in [0.25, 0.3) is 46.6 Å². The van der Waals surface area contributed by atoms with Crippen LogP contribution in [0.3, 0.4) is 0 Å². The number of allylic oxidation sites excluding steroid dienone is 1. The highest BCUT2D eigenvalue weighted by molar-refractivity contribution is 6.30. The summed E-state index contributed by atoms with van der Waals surface area (Å²) in [4.78, 5) is 0. The van der Waals surface area contributed by atoms with Gasteiger partial charge in [0.05, 0.1) is 11.4 Å². The molecule has 6 heteroatoms. The zero-order valence-corrected chi connectivity index (χ0v) is 15.5. The van der Waals surface area contributed by atoms with E-state index in [2.05, 4.69) is 19.7 Å². The summed E-state index contributed by atoms with van der Waals surface area (Å²) in [6.45, 7) is 13.8. The van der Waals surface area contributed by atoms with E-state index in [1.54, 1.807) is 22.7 Å². The van der Waals surface area contributed by atoms with Crippen molar-refractivity contribution in [3.63, 3.8) is 0 Å². The second-order valence-corrected chi connectivity index (χ2v) is 6.09. The van der Waals surface area contributed by atoms with Crippen LogP contribution in [0, 0.1) is 0 Å². The number of nitrogens with zero attached hydrogens (tertiary/aromatic N) is 2. The molecule has 3 rings (SSSR count). The Balaban J connectivity index is 2.57. The molecule has 0 aliphatic carbocycles. The van der Waals surface area contributed by atoms with Gasteiger partial charge in [-0.1, -0.05) is 62.2 Å². The second-order valence-electron chi connectivity index (χ2n) is 6.09. The third kappa shape index (κ3) is 2.74. The number of para-hydroxylation sites is 1. The van der Waals surface area contributed by atoms with Crippen LogP contribution in [-0.4, -0.2) is 34.2 Å². The molecule has 0 saturated carbocycles. The Kier molecular flexibility index (Phi) is 5.40. The fourth-order valence-electron chi connectivity index (χ4n) is 3.79. The molecule has 0 saturated heterocycles. The van der Waals surface area contributed by atoms with Crippen LogP contribution in [0.5, 0.6) is 0 Å². The third-order valence-corrected chi connectivity index (χ3v) is 4.83. The van der Waals surface area contributed by atoms with Gasteiger partial charge in [0.2, 0.25) is 0 Å². The molecule has 27 heavy (non-hydrogen) atoms. The molecule has 2 heterocycles. The second kappa shape index (κ2) is 7.74. The van der Waals surface area contributed by atoms with Crippen molar-refractivity contribution < 1.29 is 10.0 Å². The Morgan fingerprint density at radius 2 is 1.48 bits per heavy atom. The van der Waals surface area contributed by atoms with E-state index in [4.69, 9.17) is 0 Å². The quantitative estimate of drug-likeness (QED) is 0.639. The van der Waals surface area contributed by atoms with Crippen molar-refractivity contribution >= 4 is 50.4 Å². The van der Waals surface area contributed by atoms with E-state index in [-0.39, 0.29) is 15.2 Å². The predicted molar refractivity (Wildman–Crippen MR) is 120 cm³/mol. The molecule has 1 aromatic carbocycles. The van der Waals surface area contributed by atoms with E-state index in [0.29, 0.717) is 0 Å². The van der Waals surface area contributed by atoms with Crippen molar-refractivity contribution in [2.75, 3.05) is 0 Å². The first kappa shape index (κ1) is 18.8. The van der Waals surface area contributed by atoms with Gasteiger partial charge in [-0.15, -0.1) is 0 Å². The fraction of sp³-hybridized carbons (Fsp3) is 0.0476. The maximum atomic E-state index is 10.2. The molecule has 0 amide bonds. The summed E-state index contributed by atoms with van der Waals surface area (Å²) in [6.07, 6.45) is 9.20. The fourth-order valence-corrected chi connectivity index (χ4v) is 3.79. The summed E-state index contributed by atoms with van der Waals surface area (Å²) in [5.74, 6) is 0. The van der Waals surface area contributed by atoms with E-state index >= 15 is 0 Å². The van der Waals surface area contributed by atoms with E-state index < -0.39 is 0 Å². The van der Waals surface area contributed by atoms with Crippen LogP contribution in [0.1, 0.15) is 29.3 Å². The number of rotatable bonds is 7. The average Bonchev–Trinajstić information content (AvgIpc) is 3.18. The molecule has 4 nitrogen and oxygen atoms in total. The maximum Gasteiger partial charge on any atom is 0.398 e. The van der Waals surface area contributed by atoms with Crippen LogP contribution >= 0.6 is 0 Å². The first-order valence-electron chi connectivity index (χ1n) is 8.78. The molecule has 3 aromatic rings. The van der Waals surface area contributed by atoms with Gasteiger partial charge in [-0.2, -0.15) is 0 Å². The summed E-state index contributed by atoms with van der Waals surface area (Å²) in [5.41, 5.74) is 5.96. The molecule has 0 spiro atoms. The minimum Gasteiger partial charge on any atom is -0.435 e. The van der Waals surface area contributed by atoms with Crippen molar-refractivity contribution in [1.29, 1.82) is 0 Å². The molecule has 0 fully saturated rings. The van der Waals surface area contributed by atoms with Gasteiger partial charge in [0, 0.05) is 33.3 Å². The molecule has 134 valence electrons. The normalized spacial score (nSPS) is 11.1. The summed E-state index contributed by atoms with van der Waals surface area (Å²) in [7, 11) is -0.419. The van der Waals surface area contributed by atoms with Crippen molar-refractivity contribution in [1.82, 2.24) is 8.96 Å². The van der Waals surface area contributed by atoms with Gasteiger partial charge in [0.15, 0.2) is 0 Å². The molecule has 0 atom stereocenters. The van der Waals surface area contributed by atoms with Gasteiger partial charge < -0.3 is 19.0 Å². The van der Waals surface area contributed by atoms with Crippen LogP contribution in [0.2, 0.25) is 0 Å². The lowest BCUT2D eigenvalue weighted by molar-refractivity contribution is 0.586. The predicted octanol–water partition coefficient (Wildman–Crippen LogP) is 3.29. The zero-order valence-electron chi connectivity index (χ0n) is 15.5. The third-order valence-electron chi connectivity index (χ3n) is 4.83. The van der Waals surface area contributed by atoms with Crippen molar-refractivity contribution in [3.8, 4) is 11.4 Å². The molecule has 2 N–H and O–H groups in total. The zero-order chi connectivity index (χ0) is 19.6. The molecular weight excluding hydrogens is 334 g/mol. The van der Waals surface area contributed by atoms with Crippen LogP contribution in [0.4, 0.5) is 0 Å². The maximum absolute atomic E-state index is 10.2. The van der Waals surface area contributed by atoms with Crippen LogP contribution in [-0.2, 0) is 0 Å². The number of hydrogen-bond donors (Lipinski definition) is 2. The highest BCUT2D eigenvalue weighted by Crippen LogP contribution is 2.39. The Bertz CT molecular complexity index is 1070. The van der Waals surface area contributed by atoms with E-state index in [1.165, 1.54) is 0 Å². The number of benzene rings is 1. The van der Waals surface area contributed by atoms with Crippen LogP contribution < -0.4 is 0 Å². The number of fused-ring (bicyclic) bond motifs is 1. The van der Waals surface area contributed by atoms with Crippen molar-refractivity contribution in [2.45, 2.75) is 6.92 Å². The summed E-state index contributed by atoms with van der Waals surface area (Å²) < 4.78 is 3.61. The Morgan fingerprint density at radius 1 is 0.852 bits per heavy atom. The molecule has 2 aromatic heterocycles. The standard InChI is InChI=1S/C21H22B2N2O2/c1-5-11-16-14(6-2)20(24(22-26)18(16)8-4)21-15(7-3)17-12-9-10-13-19(17)25(21)23-27/h5-13,22-23,26-27H,2-4H2,1H3/b11-5-. The summed E-state index contributed by atoms with van der Waals surface area (Å²) >= 11 is 0.